The number of likely N-dealkylation sites (tertiary alicyclic amines) is 1. The predicted octanol–water partition coefficient (Wildman–Crippen LogP) is 1.92. The zero-order chi connectivity index (χ0) is 19.4. The number of nitrogens with one attached hydrogen (secondary N) is 1. The molecule has 1 atom stereocenters. The van der Waals surface area contributed by atoms with E-state index in [4.69, 9.17) is 0 Å². The molecule has 148 valence electrons. The van der Waals surface area contributed by atoms with Gasteiger partial charge in [-0.05, 0) is 44.2 Å². The molecule has 2 aliphatic heterocycles. The minimum Gasteiger partial charge on any atom is -0.339 e. The molecule has 0 bridgehead atoms. The highest BCUT2D eigenvalue weighted by Crippen LogP contribution is 2.23. The fourth-order valence-corrected chi connectivity index (χ4v) is 4.65. The Morgan fingerprint density at radius 2 is 1.74 bits per heavy atom. The van der Waals surface area contributed by atoms with E-state index in [0.29, 0.717) is 30.6 Å². The summed E-state index contributed by atoms with van der Waals surface area (Å²) in [5.74, 6) is -0.708. The molecule has 7 nitrogen and oxygen atoms in total. The highest BCUT2D eigenvalue weighted by atomic mass is 32.2. The second-order valence-electron chi connectivity index (χ2n) is 7.35. The number of nitrogens with zero attached hydrogens (tertiary/aromatic N) is 2. The van der Waals surface area contributed by atoms with Gasteiger partial charge in [-0.3, -0.25) is 9.59 Å². The molecule has 1 aromatic rings. The molecular formula is C19H27N3O4S. The van der Waals surface area contributed by atoms with E-state index >= 15 is 0 Å². The number of amides is 2. The summed E-state index contributed by atoms with van der Waals surface area (Å²) in [6.07, 6.45) is 5.60. The Balaban J connectivity index is 1.72. The van der Waals surface area contributed by atoms with Crippen molar-refractivity contribution < 1.29 is 18.0 Å². The Hall–Kier alpha value is -1.93. The summed E-state index contributed by atoms with van der Waals surface area (Å²) < 4.78 is 24.9. The summed E-state index contributed by atoms with van der Waals surface area (Å²) in [5, 5.41) is 2.86. The largest absolute Gasteiger partial charge is 0.339 e. The van der Waals surface area contributed by atoms with Crippen LogP contribution in [-0.2, 0) is 14.8 Å². The van der Waals surface area contributed by atoms with Gasteiger partial charge in [0.1, 0.15) is 0 Å². The van der Waals surface area contributed by atoms with Gasteiger partial charge in [-0.2, -0.15) is 0 Å². The lowest BCUT2D eigenvalue weighted by Crippen LogP contribution is -2.43. The molecule has 0 aliphatic carbocycles. The number of sulfonamides is 1. The molecule has 0 unspecified atom stereocenters. The standard InChI is InChI=1S/C19H27N3O4S/c1-27(25,26)22-13-7-8-15(14-22)18(23)20-17-10-4-3-9-16(17)19(24)21-11-5-2-6-12-21/h3-4,9-10,15H,2,5-8,11-14H2,1H3,(H,20,23)/t15-/m1/s1. The van der Waals surface area contributed by atoms with Crippen molar-refractivity contribution in [1.29, 1.82) is 0 Å². The highest BCUT2D eigenvalue weighted by molar-refractivity contribution is 7.88. The Labute approximate surface area is 160 Å². The summed E-state index contributed by atoms with van der Waals surface area (Å²) in [4.78, 5) is 27.4. The number of benzene rings is 1. The van der Waals surface area contributed by atoms with E-state index < -0.39 is 15.9 Å². The number of piperidine rings is 2. The van der Waals surface area contributed by atoms with Gasteiger partial charge in [0.05, 0.1) is 23.4 Å². The van der Waals surface area contributed by atoms with E-state index in [0.717, 1.165) is 32.4 Å². The van der Waals surface area contributed by atoms with Gasteiger partial charge in [-0.15, -0.1) is 0 Å². The fraction of sp³-hybridized carbons (Fsp3) is 0.579. The van der Waals surface area contributed by atoms with E-state index in [1.807, 2.05) is 4.90 Å². The highest BCUT2D eigenvalue weighted by Gasteiger charge is 2.31. The van der Waals surface area contributed by atoms with Crippen molar-refractivity contribution in [2.24, 2.45) is 5.92 Å². The number of hydrogen-bond acceptors (Lipinski definition) is 4. The lowest BCUT2D eigenvalue weighted by Gasteiger charge is -2.30. The maximum absolute atomic E-state index is 12.8. The van der Waals surface area contributed by atoms with Gasteiger partial charge in [0.15, 0.2) is 0 Å². The van der Waals surface area contributed by atoms with E-state index in [9.17, 15) is 18.0 Å². The quantitative estimate of drug-likeness (QED) is 0.847. The minimum atomic E-state index is -3.31. The van der Waals surface area contributed by atoms with E-state index in [1.54, 1.807) is 24.3 Å². The van der Waals surface area contributed by atoms with Crippen LogP contribution < -0.4 is 5.32 Å². The third-order valence-corrected chi connectivity index (χ3v) is 6.55. The summed E-state index contributed by atoms with van der Waals surface area (Å²) in [6, 6.07) is 7.04. The molecule has 2 amide bonds. The second kappa shape index (κ2) is 8.39. The van der Waals surface area contributed by atoms with Gasteiger partial charge < -0.3 is 10.2 Å². The first-order valence-corrected chi connectivity index (χ1v) is 11.4. The van der Waals surface area contributed by atoms with Crippen LogP contribution in [0, 0.1) is 5.92 Å². The monoisotopic (exact) mass is 393 g/mol. The topological polar surface area (TPSA) is 86.8 Å². The van der Waals surface area contributed by atoms with Crippen molar-refractivity contribution in [3.63, 3.8) is 0 Å². The SMILES string of the molecule is CS(=O)(=O)N1CCC[C@@H](C(=O)Nc2ccccc2C(=O)N2CCCCC2)C1. The van der Waals surface area contributed by atoms with Crippen molar-refractivity contribution in [3.8, 4) is 0 Å². The van der Waals surface area contributed by atoms with E-state index in [-0.39, 0.29) is 18.4 Å². The van der Waals surface area contributed by atoms with E-state index in [1.165, 1.54) is 10.6 Å². The first-order valence-electron chi connectivity index (χ1n) is 9.50. The van der Waals surface area contributed by atoms with Gasteiger partial charge in [0.25, 0.3) is 5.91 Å². The summed E-state index contributed by atoms with van der Waals surface area (Å²) in [7, 11) is -3.31. The molecule has 27 heavy (non-hydrogen) atoms. The first kappa shape index (κ1) is 19.8. The fourth-order valence-electron chi connectivity index (χ4n) is 3.74. The molecule has 0 aromatic heterocycles. The van der Waals surface area contributed by atoms with Gasteiger partial charge in [0, 0.05) is 26.2 Å². The molecule has 0 saturated carbocycles. The van der Waals surface area contributed by atoms with Crippen molar-refractivity contribution in [3.05, 3.63) is 29.8 Å². The number of hydrogen-bond donors (Lipinski definition) is 1. The Bertz CT molecular complexity index is 803. The van der Waals surface area contributed by atoms with Crippen LogP contribution in [0.15, 0.2) is 24.3 Å². The number of carbonyl (C=O) groups is 2. The molecule has 1 aromatic carbocycles. The number of para-hydroxylation sites is 1. The molecule has 1 N–H and O–H groups in total. The Morgan fingerprint density at radius 3 is 2.44 bits per heavy atom. The van der Waals surface area contributed by atoms with Crippen LogP contribution >= 0.6 is 0 Å². The number of carbonyl (C=O) groups excluding carboxylic acids is 2. The lowest BCUT2D eigenvalue weighted by molar-refractivity contribution is -0.120. The molecule has 2 heterocycles. The third-order valence-electron chi connectivity index (χ3n) is 5.28. The number of anilines is 1. The van der Waals surface area contributed by atoms with Crippen LogP contribution in [0.3, 0.4) is 0 Å². The molecule has 2 fully saturated rings. The van der Waals surface area contributed by atoms with Crippen molar-refractivity contribution in [2.75, 3.05) is 37.8 Å². The molecule has 2 saturated heterocycles. The molecule has 0 radical (unpaired) electrons. The second-order valence-corrected chi connectivity index (χ2v) is 9.33. The zero-order valence-corrected chi connectivity index (χ0v) is 16.5. The van der Waals surface area contributed by atoms with Gasteiger partial charge in [-0.1, -0.05) is 12.1 Å². The zero-order valence-electron chi connectivity index (χ0n) is 15.7. The average Bonchev–Trinajstić information content (AvgIpc) is 2.68. The first-order chi connectivity index (χ1) is 12.9. The molecular weight excluding hydrogens is 366 g/mol. The summed E-state index contributed by atoms with van der Waals surface area (Å²) in [6.45, 7) is 2.12. The predicted molar refractivity (Wildman–Crippen MR) is 104 cm³/mol. The molecule has 8 heteroatoms. The normalized spacial score (nSPS) is 21.7. The van der Waals surface area contributed by atoms with Crippen LogP contribution in [0.1, 0.15) is 42.5 Å². The van der Waals surface area contributed by atoms with Crippen molar-refractivity contribution in [2.45, 2.75) is 32.1 Å². The van der Waals surface area contributed by atoms with Gasteiger partial charge >= 0.3 is 0 Å². The third kappa shape index (κ3) is 4.87. The maximum atomic E-state index is 12.8. The Morgan fingerprint density at radius 1 is 1.04 bits per heavy atom. The smallest absolute Gasteiger partial charge is 0.255 e. The van der Waals surface area contributed by atoms with Crippen molar-refractivity contribution in [1.82, 2.24) is 9.21 Å². The van der Waals surface area contributed by atoms with Crippen LogP contribution in [0.4, 0.5) is 5.69 Å². The maximum Gasteiger partial charge on any atom is 0.255 e. The number of rotatable bonds is 4. The summed E-state index contributed by atoms with van der Waals surface area (Å²) in [5.41, 5.74) is 0.984. The van der Waals surface area contributed by atoms with Crippen LogP contribution in [0.25, 0.3) is 0 Å². The van der Waals surface area contributed by atoms with Gasteiger partial charge in [-0.25, -0.2) is 12.7 Å². The summed E-state index contributed by atoms with van der Waals surface area (Å²) >= 11 is 0. The Kier molecular flexibility index (Phi) is 6.16. The molecule has 3 rings (SSSR count). The molecule has 2 aliphatic rings. The van der Waals surface area contributed by atoms with Crippen LogP contribution in [0.5, 0.6) is 0 Å². The van der Waals surface area contributed by atoms with Crippen LogP contribution in [0.2, 0.25) is 0 Å². The van der Waals surface area contributed by atoms with Gasteiger partial charge in [0.2, 0.25) is 15.9 Å². The van der Waals surface area contributed by atoms with Crippen LogP contribution in [-0.4, -0.2) is 61.9 Å². The molecule has 0 spiro atoms. The van der Waals surface area contributed by atoms with Crippen molar-refractivity contribution >= 4 is 27.5 Å². The average molecular weight is 394 g/mol. The van der Waals surface area contributed by atoms with E-state index in [2.05, 4.69) is 5.32 Å². The minimum absolute atomic E-state index is 0.0630. The lowest BCUT2D eigenvalue weighted by atomic mass is 9.98.